The molecule has 1 aliphatic carbocycles. The summed E-state index contributed by atoms with van der Waals surface area (Å²) in [5.41, 5.74) is 1.26. The topological polar surface area (TPSA) is 24.9 Å². The predicted molar refractivity (Wildman–Crippen MR) is 58.2 cm³/mol. The Hall–Kier alpha value is -0.890. The lowest BCUT2D eigenvalue weighted by atomic mass is 9.74. The van der Waals surface area contributed by atoms with Gasteiger partial charge in [0.1, 0.15) is 0 Å². The van der Waals surface area contributed by atoms with Gasteiger partial charge >= 0.3 is 0 Å². The number of likely N-dealkylation sites (N-methyl/N-ethyl adjacent to an activating group) is 1. The minimum Gasteiger partial charge on any atom is -0.319 e. The average molecular weight is 190 g/mol. The molecular weight excluding hydrogens is 172 g/mol. The zero-order valence-corrected chi connectivity index (χ0v) is 8.74. The molecule has 1 unspecified atom stereocenters. The van der Waals surface area contributed by atoms with E-state index >= 15 is 0 Å². The Morgan fingerprint density at radius 1 is 1.50 bits per heavy atom. The fourth-order valence-electron chi connectivity index (χ4n) is 2.17. The van der Waals surface area contributed by atoms with Crippen LogP contribution in [-0.4, -0.2) is 18.6 Å². The van der Waals surface area contributed by atoms with Crippen molar-refractivity contribution >= 4 is 0 Å². The summed E-state index contributed by atoms with van der Waals surface area (Å²) in [6, 6.07) is 6.23. The Labute approximate surface area is 85.7 Å². The molecular formula is C12H18N2. The molecule has 0 saturated heterocycles. The van der Waals surface area contributed by atoms with Gasteiger partial charge in [-0.25, -0.2) is 0 Å². The van der Waals surface area contributed by atoms with Crippen molar-refractivity contribution in [2.45, 2.75) is 25.2 Å². The van der Waals surface area contributed by atoms with E-state index in [9.17, 15) is 0 Å². The summed E-state index contributed by atoms with van der Waals surface area (Å²) in [4.78, 5) is 4.46. The number of rotatable bonds is 4. The molecule has 0 amide bonds. The van der Waals surface area contributed by atoms with Crippen LogP contribution >= 0.6 is 0 Å². The van der Waals surface area contributed by atoms with Crippen LogP contribution in [0.2, 0.25) is 0 Å². The maximum Gasteiger partial charge on any atom is 0.0449 e. The molecule has 1 N–H and O–H groups in total. The zero-order chi connectivity index (χ0) is 9.80. The standard InChI is InChI=1S/C12H18N2/c1-13-9-11(10-5-4-6-10)12-7-2-3-8-14-12/h2-3,7-8,10-11,13H,4-6,9H2,1H3. The predicted octanol–water partition coefficient (Wildman–Crippen LogP) is 2.18. The van der Waals surface area contributed by atoms with Crippen molar-refractivity contribution in [3.63, 3.8) is 0 Å². The Morgan fingerprint density at radius 2 is 2.36 bits per heavy atom. The monoisotopic (exact) mass is 190 g/mol. The molecule has 0 radical (unpaired) electrons. The van der Waals surface area contributed by atoms with Crippen LogP contribution in [0, 0.1) is 5.92 Å². The Kier molecular flexibility index (Phi) is 3.14. The van der Waals surface area contributed by atoms with Gasteiger partial charge in [-0.05, 0) is 37.9 Å². The molecule has 2 heteroatoms. The van der Waals surface area contributed by atoms with E-state index < -0.39 is 0 Å². The zero-order valence-electron chi connectivity index (χ0n) is 8.74. The highest BCUT2D eigenvalue weighted by atomic mass is 14.8. The number of hydrogen-bond donors (Lipinski definition) is 1. The van der Waals surface area contributed by atoms with Crippen LogP contribution in [0.15, 0.2) is 24.4 Å². The number of nitrogens with one attached hydrogen (secondary N) is 1. The van der Waals surface area contributed by atoms with E-state index in [1.165, 1.54) is 25.0 Å². The van der Waals surface area contributed by atoms with Crippen molar-refractivity contribution in [1.82, 2.24) is 10.3 Å². The molecule has 1 aromatic heterocycles. The van der Waals surface area contributed by atoms with Crippen LogP contribution in [-0.2, 0) is 0 Å². The van der Waals surface area contributed by atoms with Crippen molar-refractivity contribution in [3.05, 3.63) is 30.1 Å². The second-order valence-corrected chi connectivity index (χ2v) is 4.11. The Balaban J connectivity index is 2.09. The summed E-state index contributed by atoms with van der Waals surface area (Å²) in [6.07, 6.45) is 6.06. The van der Waals surface area contributed by atoms with Gasteiger partial charge in [0.25, 0.3) is 0 Å². The highest BCUT2D eigenvalue weighted by molar-refractivity contribution is 5.12. The molecule has 2 nitrogen and oxygen atoms in total. The van der Waals surface area contributed by atoms with E-state index in [1.807, 2.05) is 19.3 Å². The molecule has 1 fully saturated rings. The van der Waals surface area contributed by atoms with Gasteiger partial charge < -0.3 is 5.32 Å². The van der Waals surface area contributed by atoms with Crippen molar-refractivity contribution in [2.75, 3.05) is 13.6 Å². The molecule has 0 aromatic carbocycles. The molecule has 1 saturated carbocycles. The lowest BCUT2D eigenvalue weighted by Gasteiger charge is -2.33. The van der Waals surface area contributed by atoms with Crippen molar-refractivity contribution < 1.29 is 0 Å². The number of hydrogen-bond acceptors (Lipinski definition) is 2. The van der Waals surface area contributed by atoms with Crippen LogP contribution in [0.1, 0.15) is 30.9 Å². The third-order valence-electron chi connectivity index (χ3n) is 3.21. The first-order valence-electron chi connectivity index (χ1n) is 5.47. The van der Waals surface area contributed by atoms with Crippen molar-refractivity contribution in [3.8, 4) is 0 Å². The Bertz CT molecular complexity index is 267. The lowest BCUT2D eigenvalue weighted by Crippen LogP contribution is -2.28. The van der Waals surface area contributed by atoms with Crippen LogP contribution in [0.4, 0.5) is 0 Å². The molecule has 0 bridgehead atoms. The minimum absolute atomic E-state index is 0.620. The molecule has 0 aliphatic heterocycles. The molecule has 1 aliphatic rings. The van der Waals surface area contributed by atoms with E-state index in [0.29, 0.717) is 5.92 Å². The molecule has 2 rings (SSSR count). The number of pyridine rings is 1. The first-order valence-corrected chi connectivity index (χ1v) is 5.47. The van der Waals surface area contributed by atoms with Crippen LogP contribution in [0.3, 0.4) is 0 Å². The van der Waals surface area contributed by atoms with E-state index in [4.69, 9.17) is 0 Å². The maximum absolute atomic E-state index is 4.46. The van der Waals surface area contributed by atoms with Gasteiger partial charge in [0.2, 0.25) is 0 Å². The molecule has 1 heterocycles. The van der Waals surface area contributed by atoms with E-state index in [1.54, 1.807) is 0 Å². The molecule has 14 heavy (non-hydrogen) atoms. The third kappa shape index (κ3) is 1.95. The fourth-order valence-corrected chi connectivity index (χ4v) is 2.17. The SMILES string of the molecule is CNCC(c1ccccn1)C1CCC1. The molecule has 1 aromatic rings. The number of nitrogens with zero attached hydrogens (tertiary/aromatic N) is 1. The van der Waals surface area contributed by atoms with Crippen LogP contribution in [0.5, 0.6) is 0 Å². The molecule has 1 atom stereocenters. The van der Waals surface area contributed by atoms with Crippen LogP contribution in [0.25, 0.3) is 0 Å². The summed E-state index contributed by atoms with van der Waals surface area (Å²) in [5.74, 6) is 1.48. The molecule has 0 spiro atoms. The van der Waals surface area contributed by atoms with Crippen molar-refractivity contribution in [1.29, 1.82) is 0 Å². The summed E-state index contributed by atoms with van der Waals surface area (Å²) >= 11 is 0. The Morgan fingerprint density at radius 3 is 2.86 bits per heavy atom. The van der Waals surface area contributed by atoms with Gasteiger partial charge in [-0.1, -0.05) is 12.5 Å². The lowest BCUT2D eigenvalue weighted by molar-refractivity contribution is 0.254. The van der Waals surface area contributed by atoms with E-state index in [2.05, 4.69) is 22.4 Å². The first-order chi connectivity index (χ1) is 6.92. The quantitative estimate of drug-likeness (QED) is 0.787. The second kappa shape index (κ2) is 4.56. The summed E-state index contributed by atoms with van der Waals surface area (Å²) < 4.78 is 0. The first kappa shape index (κ1) is 9.66. The fraction of sp³-hybridized carbons (Fsp3) is 0.583. The summed E-state index contributed by atoms with van der Waals surface area (Å²) in [6.45, 7) is 1.06. The normalized spacial score (nSPS) is 18.9. The van der Waals surface area contributed by atoms with E-state index in [0.717, 1.165) is 12.5 Å². The van der Waals surface area contributed by atoms with Crippen molar-refractivity contribution in [2.24, 2.45) is 5.92 Å². The largest absolute Gasteiger partial charge is 0.319 e. The number of aromatic nitrogens is 1. The van der Waals surface area contributed by atoms with Gasteiger partial charge in [0.05, 0.1) is 0 Å². The smallest absolute Gasteiger partial charge is 0.0449 e. The van der Waals surface area contributed by atoms with Gasteiger partial charge in [-0.15, -0.1) is 0 Å². The van der Waals surface area contributed by atoms with Gasteiger partial charge in [0, 0.05) is 24.4 Å². The average Bonchev–Trinajstić information content (AvgIpc) is 2.16. The highest BCUT2D eigenvalue weighted by Gasteiger charge is 2.28. The van der Waals surface area contributed by atoms with E-state index in [-0.39, 0.29) is 0 Å². The maximum atomic E-state index is 4.46. The summed E-state index contributed by atoms with van der Waals surface area (Å²) in [7, 11) is 2.02. The summed E-state index contributed by atoms with van der Waals surface area (Å²) in [5, 5.41) is 3.28. The van der Waals surface area contributed by atoms with Gasteiger partial charge in [-0.3, -0.25) is 4.98 Å². The van der Waals surface area contributed by atoms with Gasteiger partial charge in [0.15, 0.2) is 0 Å². The third-order valence-corrected chi connectivity index (χ3v) is 3.21. The molecule has 76 valence electrons. The second-order valence-electron chi connectivity index (χ2n) is 4.11. The van der Waals surface area contributed by atoms with Crippen LogP contribution < -0.4 is 5.32 Å². The minimum atomic E-state index is 0.620. The highest BCUT2D eigenvalue weighted by Crippen LogP contribution is 2.38. The van der Waals surface area contributed by atoms with Gasteiger partial charge in [-0.2, -0.15) is 0 Å².